The molecule has 4 heteroatoms. The van der Waals surface area contributed by atoms with E-state index < -0.39 is 0 Å². The minimum Gasteiger partial charge on any atom is -0.147 e. The number of rotatable bonds is 2. The first kappa shape index (κ1) is 22.0. The molecule has 1 N–H and O–H groups in total. The molecule has 0 bridgehead atoms. The van der Waals surface area contributed by atoms with Crippen molar-refractivity contribution in [2.24, 2.45) is 5.92 Å². The van der Waals surface area contributed by atoms with Gasteiger partial charge >= 0.3 is 85.0 Å². The number of nitrogens with one attached hydrogen (secondary N) is 1. The molecular weight excluding hydrogens is 313 g/mol. The van der Waals surface area contributed by atoms with E-state index in [4.69, 9.17) is 0 Å². The molecule has 2 aliphatic rings. The summed E-state index contributed by atoms with van der Waals surface area (Å²) in [5.74, 6) is 0.768. The summed E-state index contributed by atoms with van der Waals surface area (Å²) in [6.07, 6.45) is 2.78. The van der Waals surface area contributed by atoms with Gasteiger partial charge in [-0.2, -0.15) is 0 Å². The summed E-state index contributed by atoms with van der Waals surface area (Å²) in [6, 6.07) is 0. The van der Waals surface area contributed by atoms with Crippen molar-refractivity contribution in [2.75, 3.05) is 13.1 Å². The molecule has 1 atom stereocenters. The van der Waals surface area contributed by atoms with Gasteiger partial charge in [-0.1, -0.05) is 0 Å². The van der Waals surface area contributed by atoms with Crippen LogP contribution in [0.5, 0.6) is 0 Å². The van der Waals surface area contributed by atoms with E-state index in [1.807, 2.05) is 0 Å². The molecule has 112 valence electrons. The second-order valence-corrected chi connectivity index (χ2v) is 7.55. The Balaban J connectivity index is 0. The second-order valence-electron chi connectivity index (χ2n) is 5.06. The predicted molar refractivity (Wildman–Crippen MR) is 87.3 cm³/mol. The zero-order valence-corrected chi connectivity index (χ0v) is 16.1. The molecule has 1 aliphatic heterocycles. The average molecular weight is 342 g/mol. The average Bonchev–Trinajstić information content (AvgIpc) is 2.95. The minimum absolute atomic E-state index is 0. The summed E-state index contributed by atoms with van der Waals surface area (Å²) in [4.78, 5) is 0. The van der Waals surface area contributed by atoms with Crippen LogP contribution in [0.25, 0.3) is 0 Å². The summed E-state index contributed by atoms with van der Waals surface area (Å²) < 4.78 is 3.20. The van der Waals surface area contributed by atoms with E-state index in [0.717, 1.165) is 5.92 Å². The van der Waals surface area contributed by atoms with Gasteiger partial charge in [0.05, 0.1) is 0 Å². The van der Waals surface area contributed by atoms with E-state index in [9.17, 15) is 0 Å². The Morgan fingerprint density at radius 2 is 1.58 bits per heavy atom. The fourth-order valence-corrected chi connectivity index (χ4v) is 4.58. The van der Waals surface area contributed by atoms with Crippen LogP contribution in [0, 0.1) is 5.92 Å². The van der Waals surface area contributed by atoms with Gasteiger partial charge in [0.2, 0.25) is 0 Å². The van der Waals surface area contributed by atoms with E-state index in [-0.39, 0.29) is 44.0 Å². The topological polar surface area (TPSA) is 12.0 Å². The van der Waals surface area contributed by atoms with Gasteiger partial charge in [-0.05, 0) is 25.9 Å². The van der Waals surface area contributed by atoms with Crippen molar-refractivity contribution in [2.45, 2.75) is 52.2 Å². The van der Waals surface area contributed by atoms with Gasteiger partial charge < -0.3 is 5.32 Å². The Labute approximate surface area is 140 Å². The van der Waals surface area contributed by atoms with Gasteiger partial charge in [0.1, 0.15) is 0 Å². The summed E-state index contributed by atoms with van der Waals surface area (Å²) in [5.41, 5.74) is 4.79. The molecule has 0 radical (unpaired) electrons. The third-order valence-electron chi connectivity index (χ3n) is 3.96. The smallest absolute Gasteiger partial charge is 0.147 e. The van der Waals surface area contributed by atoms with Crippen LogP contribution in [0.2, 0.25) is 4.73 Å². The SMILES string of the molecule is C1CCNC1.C[CH2][Ti][C]1=C(C)C(C)=C(C)C1C.Cl.Cl. The van der Waals surface area contributed by atoms with E-state index in [1.54, 1.807) is 20.6 Å². The molecule has 1 saturated heterocycles. The van der Waals surface area contributed by atoms with Gasteiger partial charge in [0.15, 0.2) is 0 Å². The summed E-state index contributed by atoms with van der Waals surface area (Å²) in [5, 5.41) is 3.22. The summed E-state index contributed by atoms with van der Waals surface area (Å²) in [6.45, 7) is 14.0. The summed E-state index contributed by atoms with van der Waals surface area (Å²) in [7, 11) is 0. The van der Waals surface area contributed by atoms with Crippen LogP contribution in [-0.2, 0) is 19.2 Å². The molecule has 1 nitrogen and oxygen atoms in total. The summed E-state index contributed by atoms with van der Waals surface area (Å²) >= 11 is 0.198. The van der Waals surface area contributed by atoms with Crippen molar-refractivity contribution < 1.29 is 19.2 Å². The van der Waals surface area contributed by atoms with Crippen LogP contribution in [-0.4, -0.2) is 13.1 Å². The predicted octanol–water partition coefficient (Wildman–Crippen LogP) is 4.98. The molecule has 0 saturated carbocycles. The van der Waals surface area contributed by atoms with Gasteiger partial charge in [-0.15, -0.1) is 24.8 Å². The fraction of sp³-hybridized carbons (Fsp3) is 0.733. The maximum atomic E-state index is 3.22. The van der Waals surface area contributed by atoms with Gasteiger partial charge in [0.25, 0.3) is 0 Å². The van der Waals surface area contributed by atoms with E-state index in [1.165, 1.54) is 30.7 Å². The number of hydrogen-bond acceptors (Lipinski definition) is 1. The van der Waals surface area contributed by atoms with Crippen molar-refractivity contribution in [3.05, 3.63) is 20.6 Å². The maximum Gasteiger partial charge on any atom is -0.147 e. The Bertz CT molecular complexity index is 312. The fourth-order valence-electron chi connectivity index (χ4n) is 2.46. The zero-order chi connectivity index (χ0) is 12.8. The van der Waals surface area contributed by atoms with Gasteiger partial charge in [0, 0.05) is 0 Å². The third kappa shape index (κ3) is 6.35. The maximum absolute atomic E-state index is 3.22. The Kier molecular flexibility index (Phi) is 13.2. The van der Waals surface area contributed by atoms with Crippen molar-refractivity contribution in [1.29, 1.82) is 0 Å². The van der Waals surface area contributed by atoms with E-state index >= 15 is 0 Å². The first-order valence-electron chi connectivity index (χ1n) is 6.92. The number of allylic oxidation sites excluding steroid dienone is 4. The van der Waals surface area contributed by atoms with Crippen LogP contribution in [0.4, 0.5) is 0 Å². The first-order valence-corrected chi connectivity index (χ1v) is 8.81. The Morgan fingerprint density at radius 3 is 1.84 bits per heavy atom. The molecule has 1 unspecified atom stereocenters. The molecule has 0 aromatic carbocycles. The van der Waals surface area contributed by atoms with Crippen molar-refractivity contribution in [3.8, 4) is 0 Å². The van der Waals surface area contributed by atoms with Crippen LogP contribution in [0.1, 0.15) is 47.5 Å². The van der Waals surface area contributed by atoms with Crippen molar-refractivity contribution in [1.82, 2.24) is 5.32 Å². The Hall–Kier alpha value is 0.734. The third-order valence-corrected chi connectivity index (χ3v) is 6.37. The monoisotopic (exact) mass is 341 g/mol. The molecule has 1 fully saturated rings. The van der Waals surface area contributed by atoms with Crippen molar-refractivity contribution in [3.63, 3.8) is 0 Å². The number of halogens is 2. The van der Waals surface area contributed by atoms with Crippen LogP contribution in [0.3, 0.4) is 0 Å². The van der Waals surface area contributed by atoms with Gasteiger partial charge in [-0.25, -0.2) is 0 Å². The second kappa shape index (κ2) is 11.4. The van der Waals surface area contributed by atoms with E-state index in [2.05, 4.69) is 39.9 Å². The van der Waals surface area contributed by atoms with Crippen LogP contribution >= 0.6 is 24.8 Å². The molecule has 0 aromatic rings. The molecule has 19 heavy (non-hydrogen) atoms. The standard InChI is InChI=1S/C9H13.C4H9N.C2H5.2ClH.Ti/c1-6-5-7(2)9(4)8(6)3;1-2-4-5-3-1;1-2;;;/h6H,1-4H3;5H,1-4H2;1H2,2H3;2*1H;. The normalized spacial score (nSPS) is 21.4. The van der Waals surface area contributed by atoms with E-state index in [0.29, 0.717) is 0 Å². The van der Waals surface area contributed by atoms with Crippen LogP contribution in [0.15, 0.2) is 20.6 Å². The Morgan fingerprint density at radius 1 is 1.05 bits per heavy atom. The largest absolute Gasteiger partial charge is 0.147 e. The molecule has 0 aromatic heterocycles. The van der Waals surface area contributed by atoms with Gasteiger partial charge in [-0.3, -0.25) is 0 Å². The molecule has 1 heterocycles. The molecule has 0 amide bonds. The molecule has 0 spiro atoms. The first-order chi connectivity index (χ1) is 8.09. The van der Waals surface area contributed by atoms with Crippen LogP contribution < -0.4 is 5.32 Å². The molecular formula is C15H29Cl2NTi. The molecule has 2 rings (SSSR count). The zero-order valence-electron chi connectivity index (χ0n) is 12.9. The number of hydrogen-bond donors (Lipinski definition) is 1. The molecule has 1 aliphatic carbocycles. The minimum atomic E-state index is 0. The quantitative estimate of drug-likeness (QED) is 0.698. The van der Waals surface area contributed by atoms with Crippen molar-refractivity contribution >= 4 is 24.8 Å².